The number of halogens is 2. The largest absolute Gasteiger partial charge is 0.375 e. The first-order chi connectivity index (χ1) is 9.33. The topological polar surface area (TPSA) is 53.6 Å². The number of nitrogens with zero attached hydrogens (tertiary/aromatic N) is 1. The van der Waals surface area contributed by atoms with E-state index in [-0.39, 0.29) is 36.8 Å². The smallest absolute Gasteiger partial charge is 0.222 e. The monoisotopic (exact) mass is 339 g/mol. The first-order valence-electron chi connectivity index (χ1n) is 7.68. The number of carbonyl (C=O) groups excluding carboxylic acids is 1. The summed E-state index contributed by atoms with van der Waals surface area (Å²) in [6, 6.07) is 0.951. The van der Waals surface area contributed by atoms with Crippen molar-refractivity contribution in [3.8, 4) is 0 Å². The molecule has 21 heavy (non-hydrogen) atoms. The maximum absolute atomic E-state index is 12.1. The van der Waals surface area contributed by atoms with Gasteiger partial charge in [-0.1, -0.05) is 6.42 Å². The van der Waals surface area contributed by atoms with E-state index in [1.807, 2.05) is 0 Å². The van der Waals surface area contributed by atoms with E-state index >= 15 is 0 Å². The van der Waals surface area contributed by atoms with Gasteiger partial charge in [0.2, 0.25) is 5.91 Å². The number of carbonyl (C=O) groups is 1. The van der Waals surface area contributed by atoms with Gasteiger partial charge in [-0.3, -0.25) is 9.69 Å². The van der Waals surface area contributed by atoms with Crippen molar-refractivity contribution in [1.29, 1.82) is 0 Å². The Morgan fingerprint density at radius 1 is 1.24 bits per heavy atom. The normalized spacial score (nSPS) is 32.5. The van der Waals surface area contributed by atoms with Crippen molar-refractivity contribution in [2.45, 2.75) is 50.3 Å². The molecule has 0 radical (unpaired) electrons. The van der Waals surface area contributed by atoms with Crippen LogP contribution in [0.25, 0.3) is 0 Å². The summed E-state index contributed by atoms with van der Waals surface area (Å²) in [5.74, 6) is 0.158. The molecule has 5 nitrogen and oxygen atoms in total. The number of ether oxygens (including phenoxy) is 1. The van der Waals surface area contributed by atoms with Crippen molar-refractivity contribution in [2.24, 2.45) is 0 Å². The summed E-state index contributed by atoms with van der Waals surface area (Å²) < 4.78 is 5.59. The standard InChI is InChI=1S/C14H25N3O2.2ClH/c18-14(9-11-10-15-5-8-19-11)16-12-4-7-17-6-2-1-3-13(12)17;;/h11-13,15H,1-10H2,(H,16,18);2*1H. The summed E-state index contributed by atoms with van der Waals surface area (Å²) in [5, 5.41) is 6.50. The average molecular weight is 340 g/mol. The number of hydrogen-bond donors (Lipinski definition) is 2. The predicted octanol–water partition coefficient (Wildman–Crippen LogP) is 0.952. The number of piperidine rings is 1. The highest BCUT2D eigenvalue weighted by molar-refractivity contribution is 5.85. The fraction of sp³-hybridized carbons (Fsp3) is 0.929. The summed E-state index contributed by atoms with van der Waals surface area (Å²) >= 11 is 0. The summed E-state index contributed by atoms with van der Waals surface area (Å²) in [6.45, 7) is 4.78. The molecule has 3 saturated heterocycles. The molecule has 0 aromatic heterocycles. The Morgan fingerprint density at radius 3 is 2.86 bits per heavy atom. The van der Waals surface area contributed by atoms with Gasteiger partial charge in [0.1, 0.15) is 0 Å². The quantitative estimate of drug-likeness (QED) is 0.803. The van der Waals surface area contributed by atoms with E-state index in [9.17, 15) is 4.79 Å². The predicted molar refractivity (Wildman–Crippen MR) is 87.5 cm³/mol. The van der Waals surface area contributed by atoms with Crippen molar-refractivity contribution in [2.75, 3.05) is 32.8 Å². The molecule has 0 aliphatic carbocycles. The molecule has 3 rings (SSSR count). The van der Waals surface area contributed by atoms with Gasteiger partial charge in [-0.05, 0) is 25.8 Å². The molecule has 124 valence electrons. The number of amides is 1. The molecule has 2 N–H and O–H groups in total. The van der Waals surface area contributed by atoms with Gasteiger partial charge in [-0.25, -0.2) is 0 Å². The van der Waals surface area contributed by atoms with Gasteiger partial charge >= 0.3 is 0 Å². The molecule has 3 heterocycles. The van der Waals surface area contributed by atoms with Crippen molar-refractivity contribution >= 4 is 30.7 Å². The highest BCUT2D eigenvalue weighted by Crippen LogP contribution is 2.27. The number of hydrogen-bond acceptors (Lipinski definition) is 4. The molecule has 3 aliphatic rings. The van der Waals surface area contributed by atoms with E-state index in [0.717, 1.165) is 32.7 Å². The van der Waals surface area contributed by atoms with Gasteiger partial charge in [0.15, 0.2) is 0 Å². The Kier molecular flexibility index (Phi) is 8.27. The number of fused-ring (bicyclic) bond motifs is 1. The molecule has 3 atom stereocenters. The zero-order valence-electron chi connectivity index (χ0n) is 12.4. The summed E-state index contributed by atoms with van der Waals surface area (Å²) in [5.41, 5.74) is 0. The minimum Gasteiger partial charge on any atom is -0.375 e. The molecule has 7 heteroatoms. The second-order valence-electron chi connectivity index (χ2n) is 5.96. The van der Waals surface area contributed by atoms with Crippen molar-refractivity contribution in [1.82, 2.24) is 15.5 Å². The summed E-state index contributed by atoms with van der Waals surface area (Å²) in [7, 11) is 0. The average Bonchev–Trinajstić information content (AvgIpc) is 2.83. The van der Waals surface area contributed by atoms with Crippen LogP contribution in [-0.2, 0) is 9.53 Å². The van der Waals surface area contributed by atoms with E-state index in [1.54, 1.807) is 0 Å². The maximum atomic E-state index is 12.1. The van der Waals surface area contributed by atoms with E-state index in [0.29, 0.717) is 18.5 Å². The van der Waals surface area contributed by atoms with Crippen LogP contribution >= 0.6 is 24.8 Å². The molecule has 3 unspecified atom stereocenters. The van der Waals surface area contributed by atoms with E-state index in [4.69, 9.17) is 4.74 Å². The second-order valence-corrected chi connectivity index (χ2v) is 5.96. The zero-order valence-corrected chi connectivity index (χ0v) is 14.0. The fourth-order valence-electron chi connectivity index (χ4n) is 3.64. The maximum Gasteiger partial charge on any atom is 0.222 e. The van der Waals surface area contributed by atoms with Gasteiger partial charge in [-0.15, -0.1) is 24.8 Å². The van der Waals surface area contributed by atoms with Crippen molar-refractivity contribution < 1.29 is 9.53 Å². The lowest BCUT2D eigenvalue weighted by atomic mass is 9.99. The minimum atomic E-state index is 0. The molecule has 0 spiro atoms. The van der Waals surface area contributed by atoms with Crippen LogP contribution in [0.1, 0.15) is 32.1 Å². The van der Waals surface area contributed by atoms with Crippen LogP contribution in [-0.4, -0.2) is 61.8 Å². The lowest BCUT2D eigenvalue weighted by Gasteiger charge is -2.32. The van der Waals surface area contributed by atoms with Crippen molar-refractivity contribution in [3.05, 3.63) is 0 Å². The highest BCUT2D eigenvalue weighted by Gasteiger charge is 2.36. The molecule has 1 amide bonds. The Hall–Kier alpha value is -0.0700. The van der Waals surface area contributed by atoms with Gasteiger partial charge in [0.25, 0.3) is 0 Å². The SMILES string of the molecule is Cl.Cl.O=C(CC1CNCCO1)NC1CCN2CCCCC12. The fourth-order valence-corrected chi connectivity index (χ4v) is 3.64. The van der Waals surface area contributed by atoms with Crippen LogP contribution < -0.4 is 10.6 Å². The minimum absolute atomic E-state index is 0. The Morgan fingerprint density at radius 2 is 2.10 bits per heavy atom. The first kappa shape index (κ1) is 19.0. The number of nitrogens with one attached hydrogen (secondary N) is 2. The van der Waals surface area contributed by atoms with Gasteiger partial charge < -0.3 is 15.4 Å². The lowest BCUT2D eigenvalue weighted by molar-refractivity contribution is -0.125. The highest BCUT2D eigenvalue weighted by atomic mass is 35.5. The molecular formula is C14H27Cl2N3O2. The van der Waals surface area contributed by atoms with Crippen LogP contribution in [0.5, 0.6) is 0 Å². The van der Waals surface area contributed by atoms with Gasteiger partial charge in [0, 0.05) is 31.7 Å². The molecule has 0 aromatic carbocycles. The van der Waals surface area contributed by atoms with Gasteiger partial charge in [-0.2, -0.15) is 0 Å². The third-order valence-electron chi connectivity index (χ3n) is 4.62. The molecule has 3 fully saturated rings. The first-order valence-corrected chi connectivity index (χ1v) is 7.68. The third kappa shape index (κ3) is 4.96. The number of morpholine rings is 1. The molecule has 3 aliphatic heterocycles. The summed E-state index contributed by atoms with van der Waals surface area (Å²) in [6.07, 6.45) is 5.53. The van der Waals surface area contributed by atoms with Crippen molar-refractivity contribution in [3.63, 3.8) is 0 Å². The van der Waals surface area contributed by atoms with Crippen LogP contribution in [0.3, 0.4) is 0 Å². The Labute approximate surface area is 139 Å². The van der Waals surface area contributed by atoms with Crippen LogP contribution in [0.15, 0.2) is 0 Å². The van der Waals surface area contributed by atoms with E-state index in [1.165, 1.54) is 25.8 Å². The van der Waals surface area contributed by atoms with Crippen LogP contribution in [0.2, 0.25) is 0 Å². The third-order valence-corrected chi connectivity index (χ3v) is 4.62. The van der Waals surface area contributed by atoms with Crippen LogP contribution in [0, 0.1) is 0 Å². The number of rotatable bonds is 3. The second kappa shape index (κ2) is 9.16. The molecular weight excluding hydrogens is 313 g/mol. The molecule has 0 aromatic rings. The zero-order chi connectivity index (χ0) is 13.1. The Bertz CT molecular complexity index is 327. The molecule has 0 saturated carbocycles. The van der Waals surface area contributed by atoms with Crippen LogP contribution in [0.4, 0.5) is 0 Å². The summed E-state index contributed by atoms with van der Waals surface area (Å²) in [4.78, 5) is 14.7. The lowest BCUT2D eigenvalue weighted by Crippen LogP contribution is -2.48. The Balaban J connectivity index is 0.00000110. The molecule has 0 bridgehead atoms. The van der Waals surface area contributed by atoms with E-state index in [2.05, 4.69) is 15.5 Å². The van der Waals surface area contributed by atoms with Gasteiger partial charge in [0.05, 0.1) is 19.1 Å². The van der Waals surface area contributed by atoms with E-state index < -0.39 is 0 Å².